The highest BCUT2D eigenvalue weighted by atomic mass is 32.2. The van der Waals surface area contributed by atoms with Crippen molar-refractivity contribution in [2.45, 2.75) is 58.1 Å². The van der Waals surface area contributed by atoms with Gasteiger partial charge in [0, 0.05) is 0 Å². The number of halogens is 3. The Morgan fingerprint density at radius 3 is 2.35 bits per heavy atom. The SMILES string of the molecule is Cc1c(OS(=O)(=O)C(F)(F)F)ccc2c1CCC(C(=O)OC(C)(C)C)C2. The van der Waals surface area contributed by atoms with Gasteiger partial charge in [0.1, 0.15) is 11.4 Å². The normalized spacial score (nSPS) is 18.2. The lowest BCUT2D eigenvalue weighted by molar-refractivity contribution is -0.160. The summed E-state index contributed by atoms with van der Waals surface area (Å²) in [6, 6.07) is 2.69. The molecule has 26 heavy (non-hydrogen) atoms. The van der Waals surface area contributed by atoms with Gasteiger partial charge in [0.15, 0.2) is 0 Å². The Morgan fingerprint density at radius 1 is 1.19 bits per heavy atom. The van der Waals surface area contributed by atoms with Crippen LogP contribution in [0.4, 0.5) is 13.2 Å². The van der Waals surface area contributed by atoms with Gasteiger partial charge in [0.2, 0.25) is 0 Å². The molecule has 146 valence electrons. The second-order valence-electron chi connectivity index (χ2n) is 7.28. The molecular weight excluding hydrogens is 373 g/mol. The molecule has 1 aliphatic carbocycles. The maximum Gasteiger partial charge on any atom is 0.534 e. The summed E-state index contributed by atoms with van der Waals surface area (Å²) < 4.78 is 69.6. The third kappa shape index (κ3) is 4.49. The van der Waals surface area contributed by atoms with E-state index in [1.807, 2.05) is 0 Å². The van der Waals surface area contributed by atoms with Gasteiger partial charge in [-0.25, -0.2) is 0 Å². The fraction of sp³-hybridized carbons (Fsp3) is 0.588. The predicted molar refractivity (Wildman–Crippen MR) is 88.1 cm³/mol. The van der Waals surface area contributed by atoms with E-state index >= 15 is 0 Å². The predicted octanol–water partition coefficient (Wildman–Crippen LogP) is 3.67. The molecule has 0 saturated carbocycles. The van der Waals surface area contributed by atoms with E-state index in [1.54, 1.807) is 20.8 Å². The third-order valence-corrected chi connectivity index (χ3v) is 5.04. The summed E-state index contributed by atoms with van der Waals surface area (Å²) in [6.45, 7) is 6.83. The molecule has 9 heteroatoms. The molecule has 1 aromatic rings. The highest BCUT2D eigenvalue weighted by molar-refractivity contribution is 7.88. The summed E-state index contributed by atoms with van der Waals surface area (Å²) >= 11 is 0. The number of rotatable bonds is 3. The van der Waals surface area contributed by atoms with Crippen LogP contribution in [0.1, 0.15) is 43.9 Å². The summed E-state index contributed by atoms with van der Waals surface area (Å²) in [5, 5.41) is 0. The number of ether oxygens (including phenoxy) is 1. The maximum atomic E-state index is 12.5. The molecule has 1 aliphatic rings. The van der Waals surface area contributed by atoms with Gasteiger partial charge < -0.3 is 8.92 Å². The monoisotopic (exact) mass is 394 g/mol. The van der Waals surface area contributed by atoms with Crippen molar-refractivity contribution in [2.24, 2.45) is 5.92 Å². The van der Waals surface area contributed by atoms with Crippen LogP contribution in [0.5, 0.6) is 5.75 Å². The first-order valence-electron chi connectivity index (χ1n) is 8.06. The number of esters is 1. The van der Waals surface area contributed by atoms with Crippen LogP contribution < -0.4 is 4.18 Å². The van der Waals surface area contributed by atoms with Crippen molar-refractivity contribution in [2.75, 3.05) is 0 Å². The molecule has 1 atom stereocenters. The molecule has 1 unspecified atom stereocenters. The topological polar surface area (TPSA) is 69.7 Å². The molecule has 2 rings (SSSR count). The van der Waals surface area contributed by atoms with Crippen LogP contribution in [0.25, 0.3) is 0 Å². The van der Waals surface area contributed by atoms with Crippen molar-refractivity contribution in [1.29, 1.82) is 0 Å². The van der Waals surface area contributed by atoms with E-state index < -0.39 is 21.2 Å². The lowest BCUT2D eigenvalue weighted by Gasteiger charge is -2.28. The molecule has 0 aromatic heterocycles. The minimum atomic E-state index is -5.72. The summed E-state index contributed by atoms with van der Waals surface area (Å²) in [7, 11) is -5.72. The summed E-state index contributed by atoms with van der Waals surface area (Å²) in [6.07, 6.45) is 1.28. The molecule has 0 radical (unpaired) electrons. The summed E-state index contributed by atoms with van der Waals surface area (Å²) in [5.74, 6) is -1.01. The van der Waals surface area contributed by atoms with E-state index in [0.29, 0.717) is 30.4 Å². The Morgan fingerprint density at radius 2 is 1.81 bits per heavy atom. The molecule has 0 spiro atoms. The number of fused-ring (bicyclic) bond motifs is 1. The van der Waals surface area contributed by atoms with Gasteiger partial charge in [0.25, 0.3) is 0 Å². The highest BCUT2D eigenvalue weighted by Gasteiger charge is 2.48. The molecule has 0 fully saturated rings. The van der Waals surface area contributed by atoms with E-state index in [0.717, 1.165) is 5.56 Å². The molecule has 5 nitrogen and oxygen atoms in total. The van der Waals surface area contributed by atoms with Crippen LogP contribution >= 0.6 is 0 Å². The van der Waals surface area contributed by atoms with E-state index in [4.69, 9.17) is 4.74 Å². The van der Waals surface area contributed by atoms with Crippen molar-refractivity contribution < 1.29 is 35.3 Å². The van der Waals surface area contributed by atoms with Crippen molar-refractivity contribution in [3.63, 3.8) is 0 Å². The Labute approximate surface area is 150 Å². The van der Waals surface area contributed by atoms with Gasteiger partial charge >= 0.3 is 21.6 Å². The fourth-order valence-electron chi connectivity index (χ4n) is 2.86. The van der Waals surface area contributed by atoms with Crippen molar-refractivity contribution >= 4 is 16.1 Å². The first-order valence-corrected chi connectivity index (χ1v) is 9.47. The fourth-order valence-corrected chi connectivity index (χ4v) is 3.37. The van der Waals surface area contributed by atoms with E-state index in [9.17, 15) is 26.4 Å². The van der Waals surface area contributed by atoms with Crippen LogP contribution in [0.15, 0.2) is 12.1 Å². The van der Waals surface area contributed by atoms with Gasteiger partial charge in [-0.15, -0.1) is 0 Å². The second kappa shape index (κ2) is 6.75. The van der Waals surface area contributed by atoms with Gasteiger partial charge in [0.05, 0.1) is 5.92 Å². The van der Waals surface area contributed by atoms with Crippen LogP contribution in [0, 0.1) is 12.8 Å². The van der Waals surface area contributed by atoms with Crippen LogP contribution in [0.3, 0.4) is 0 Å². The van der Waals surface area contributed by atoms with Gasteiger partial charge in [-0.3, -0.25) is 4.79 Å². The Bertz CT molecular complexity index is 807. The molecule has 0 amide bonds. The Balaban J connectivity index is 2.23. The number of carbonyl (C=O) groups is 1. The van der Waals surface area contributed by atoms with Crippen molar-refractivity contribution in [1.82, 2.24) is 0 Å². The van der Waals surface area contributed by atoms with Crippen LogP contribution in [-0.2, 0) is 32.5 Å². The average Bonchev–Trinajstić information content (AvgIpc) is 2.47. The van der Waals surface area contributed by atoms with E-state index in [2.05, 4.69) is 4.18 Å². The second-order valence-corrected chi connectivity index (χ2v) is 8.82. The summed E-state index contributed by atoms with van der Waals surface area (Å²) in [5.41, 5.74) is -4.27. The maximum absolute atomic E-state index is 12.5. The molecular formula is C17H21F3O5S. The molecule has 0 N–H and O–H groups in total. The molecule has 0 aliphatic heterocycles. The molecule has 0 bridgehead atoms. The van der Waals surface area contributed by atoms with Gasteiger partial charge in [-0.2, -0.15) is 21.6 Å². The number of alkyl halides is 3. The molecule has 1 aromatic carbocycles. The highest BCUT2D eigenvalue weighted by Crippen LogP contribution is 2.36. The lowest BCUT2D eigenvalue weighted by atomic mass is 9.82. The number of carbonyl (C=O) groups excluding carboxylic acids is 1. The Hall–Kier alpha value is -1.77. The first kappa shape index (κ1) is 20.5. The van der Waals surface area contributed by atoms with E-state index in [-0.39, 0.29) is 17.6 Å². The zero-order valence-corrected chi connectivity index (χ0v) is 15.8. The quantitative estimate of drug-likeness (QED) is 0.444. The lowest BCUT2D eigenvalue weighted by Crippen LogP contribution is -2.32. The third-order valence-electron chi connectivity index (χ3n) is 4.08. The number of hydrogen-bond donors (Lipinski definition) is 0. The molecule has 0 heterocycles. The van der Waals surface area contributed by atoms with Gasteiger partial charge in [-0.05, 0) is 69.7 Å². The zero-order valence-electron chi connectivity index (χ0n) is 14.9. The summed E-state index contributed by atoms with van der Waals surface area (Å²) in [4.78, 5) is 12.2. The standard InChI is InChI=1S/C17H21F3O5S/c1-10-13-7-5-12(15(21)24-16(2,3)4)9-11(13)6-8-14(10)25-26(22,23)17(18,19)20/h6,8,12H,5,7,9H2,1-4H3. The number of benzene rings is 1. The molecule has 0 saturated heterocycles. The van der Waals surface area contributed by atoms with Crippen molar-refractivity contribution in [3.05, 3.63) is 28.8 Å². The zero-order chi connectivity index (χ0) is 19.9. The van der Waals surface area contributed by atoms with Crippen molar-refractivity contribution in [3.8, 4) is 5.75 Å². The van der Waals surface area contributed by atoms with Crippen LogP contribution in [0.2, 0.25) is 0 Å². The smallest absolute Gasteiger partial charge is 0.460 e. The Kier molecular flexibility index (Phi) is 5.34. The largest absolute Gasteiger partial charge is 0.534 e. The average molecular weight is 394 g/mol. The first-order chi connectivity index (χ1) is 11.7. The number of hydrogen-bond acceptors (Lipinski definition) is 5. The van der Waals surface area contributed by atoms with Gasteiger partial charge in [-0.1, -0.05) is 6.07 Å². The minimum Gasteiger partial charge on any atom is -0.460 e. The minimum absolute atomic E-state index is 0.319. The van der Waals surface area contributed by atoms with E-state index in [1.165, 1.54) is 19.1 Å². The van der Waals surface area contributed by atoms with Crippen LogP contribution in [-0.4, -0.2) is 25.5 Å².